The quantitative estimate of drug-likeness (QED) is 0.627. The van der Waals surface area contributed by atoms with Crippen LogP contribution in [0.5, 0.6) is 0 Å². The van der Waals surface area contributed by atoms with Gasteiger partial charge >= 0.3 is 35.5 Å². The molecule has 1 heterocycles. The molecule has 1 unspecified atom stereocenters. The van der Waals surface area contributed by atoms with Gasteiger partial charge in [-0.05, 0) is 18.4 Å². The summed E-state index contributed by atoms with van der Waals surface area (Å²) in [6, 6.07) is 3.44. The first-order valence-corrected chi connectivity index (χ1v) is 6.50. The molecular weight excluding hydrogens is 285 g/mol. The van der Waals surface area contributed by atoms with Gasteiger partial charge in [0.05, 0.1) is 10.1 Å². The predicted octanol–water partition coefficient (Wildman–Crippen LogP) is -1.79. The van der Waals surface area contributed by atoms with E-state index in [-0.39, 0.29) is 34.7 Å². The van der Waals surface area contributed by atoms with Gasteiger partial charge < -0.3 is 10.4 Å². The maximum Gasteiger partial charge on any atom is 1.00 e. The minimum Gasteiger partial charge on any atom is -0.480 e. The predicted molar refractivity (Wildman–Crippen MR) is 66.3 cm³/mol. The zero-order valence-corrected chi connectivity index (χ0v) is 13.6. The number of carbonyl (C=O) groups excluding carboxylic acids is 2. The van der Waals surface area contributed by atoms with Crippen LogP contribution in [0.15, 0.2) is 17.5 Å². The first-order chi connectivity index (χ1) is 8.00. The van der Waals surface area contributed by atoms with E-state index < -0.39 is 23.7 Å². The third-order valence-corrected chi connectivity index (χ3v) is 3.79. The van der Waals surface area contributed by atoms with Gasteiger partial charge in [0.25, 0.3) is 0 Å². The van der Waals surface area contributed by atoms with E-state index in [0.717, 1.165) is 11.8 Å². The van der Waals surface area contributed by atoms with Crippen LogP contribution in [0.4, 0.5) is 0 Å². The van der Waals surface area contributed by atoms with Gasteiger partial charge in [0, 0.05) is 0 Å². The summed E-state index contributed by atoms with van der Waals surface area (Å²) in [6.07, 6.45) is 0. The van der Waals surface area contributed by atoms with Crippen molar-refractivity contribution in [2.45, 2.75) is 12.2 Å². The second-order valence-corrected chi connectivity index (χ2v) is 5.40. The summed E-state index contributed by atoms with van der Waals surface area (Å²) in [5.41, 5.74) is 0. The normalized spacial score (nSPS) is 11.2. The van der Waals surface area contributed by atoms with E-state index in [1.807, 2.05) is 0 Å². The van der Waals surface area contributed by atoms with Gasteiger partial charge in [0.15, 0.2) is 0 Å². The summed E-state index contributed by atoms with van der Waals surface area (Å²) in [5, 5.41) is 11.6. The van der Waals surface area contributed by atoms with E-state index in [2.05, 4.69) is 5.32 Å². The number of thiophene rings is 1. The molecule has 1 aromatic heterocycles. The number of amides is 1. The van der Waals surface area contributed by atoms with Gasteiger partial charge in [-0.1, -0.05) is 17.8 Å². The average Bonchev–Trinajstić information content (AvgIpc) is 2.78. The molecule has 0 aliphatic rings. The molecular formula is C10H11NNaO4S2+. The van der Waals surface area contributed by atoms with Crippen LogP contribution in [0.25, 0.3) is 0 Å². The van der Waals surface area contributed by atoms with Crippen LogP contribution in [0.1, 0.15) is 16.6 Å². The number of hydrogen-bond donors (Lipinski definition) is 2. The van der Waals surface area contributed by atoms with Crippen LogP contribution in [0.3, 0.4) is 0 Å². The molecule has 1 aromatic rings. The van der Waals surface area contributed by atoms with Gasteiger partial charge in [-0.2, -0.15) is 0 Å². The number of aliphatic carboxylic acids is 1. The van der Waals surface area contributed by atoms with Crippen molar-refractivity contribution in [3.63, 3.8) is 0 Å². The number of carboxylic acid groups (broad SMARTS) is 1. The van der Waals surface area contributed by atoms with Gasteiger partial charge in [-0.25, -0.2) is 0 Å². The summed E-state index contributed by atoms with van der Waals surface area (Å²) in [4.78, 5) is 33.9. The smallest absolute Gasteiger partial charge is 0.480 e. The summed E-state index contributed by atoms with van der Waals surface area (Å²) in [6.45, 7) is 1.13. The Morgan fingerprint density at radius 2 is 2.17 bits per heavy atom. The van der Waals surface area contributed by atoms with Crippen molar-refractivity contribution in [3.05, 3.63) is 22.4 Å². The molecule has 0 spiro atoms. The maximum atomic E-state index is 11.6. The topological polar surface area (TPSA) is 83.5 Å². The molecule has 92 valence electrons. The zero-order valence-electron chi connectivity index (χ0n) is 10.0. The second-order valence-electron chi connectivity index (χ2n) is 3.14. The molecule has 8 heteroatoms. The molecule has 0 aliphatic heterocycles. The summed E-state index contributed by atoms with van der Waals surface area (Å²) >= 11 is 2.19. The molecule has 1 rings (SSSR count). The van der Waals surface area contributed by atoms with Gasteiger partial charge in [-0.3, -0.25) is 14.4 Å². The van der Waals surface area contributed by atoms with Crippen LogP contribution in [0, 0.1) is 0 Å². The first-order valence-electron chi connectivity index (χ1n) is 4.74. The van der Waals surface area contributed by atoms with Crippen molar-refractivity contribution in [2.24, 2.45) is 0 Å². The molecule has 5 nitrogen and oxygen atoms in total. The number of carbonyl (C=O) groups is 3. The molecule has 0 bridgehead atoms. The third-order valence-electron chi connectivity index (χ3n) is 1.79. The van der Waals surface area contributed by atoms with E-state index in [1.54, 1.807) is 24.4 Å². The Balaban J connectivity index is 0.00000289. The molecule has 2 N–H and O–H groups in total. The molecule has 0 radical (unpaired) electrons. The molecule has 18 heavy (non-hydrogen) atoms. The molecule has 0 aliphatic carbocycles. The fourth-order valence-electron chi connectivity index (χ4n) is 0.973. The van der Waals surface area contributed by atoms with Crippen LogP contribution >= 0.6 is 23.1 Å². The van der Waals surface area contributed by atoms with E-state index in [1.165, 1.54) is 11.3 Å². The van der Waals surface area contributed by atoms with E-state index in [4.69, 9.17) is 5.11 Å². The third kappa shape index (κ3) is 6.01. The Morgan fingerprint density at radius 3 is 2.67 bits per heavy atom. The van der Waals surface area contributed by atoms with Crippen molar-refractivity contribution in [2.75, 3.05) is 6.54 Å². The fraction of sp³-hybridized carbons (Fsp3) is 0.300. The fourth-order valence-corrected chi connectivity index (χ4v) is 2.51. The number of thioether (sulfide) groups is 1. The number of rotatable bonds is 5. The minimum atomic E-state index is -1.11. The molecule has 0 fully saturated rings. The Bertz CT molecular complexity index is 422. The van der Waals surface area contributed by atoms with Crippen molar-refractivity contribution < 1.29 is 49.0 Å². The van der Waals surface area contributed by atoms with Crippen molar-refractivity contribution in [1.29, 1.82) is 0 Å². The maximum absolute atomic E-state index is 11.6. The summed E-state index contributed by atoms with van der Waals surface area (Å²) in [5.74, 6) is -1.57. The van der Waals surface area contributed by atoms with Gasteiger partial charge in [-0.15, -0.1) is 11.3 Å². The molecule has 0 saturated heterocycles. The Kier molecular flexibility index (Phi) is 8.54. The summed E-state index contributed by atoms with van der Waals surface area (Å²) < 4.78 is 0. The Hall–Kier alpha value is -0.340. The molecule has 1 atom stereocenters. The van der Waals surface area contributed by atoms with Gasteiger partial charge in [0.2, 0.25) is 11.0 Å². The molecule has 1 amide bonds. The molecule has 0 saturated carbocycles. The minimum absolute atomic E-state index is 0. The summed E-state index contributed by atoms with van der Waals surface area (Å²) in [7, 11) is 0. The molecule has 0 aromatic carbocycles. The standard InChI is InChI=1S/C10H11NO4S2.Na/c1-6(9(14)11-5-8(12)13)17-10(15)7-3-2-4-16-7;/h2-4,6H,5H2,1H3,(H,11,14)(H,12,13);/q;+1. The van der Waals surface area contributed by atoms with Crippen LogP contribution in [-0.2, 0) is 9.59 Å². The Labute approximate surface area is 135 Å². The SMILES string of the molecule is CC(SC(=O)c1cccs1)C(=O)NCC(=O)O.[Na+]. The zero-order chi connectivity index (χ0) is 12.8. The van der Waals surface area contributed by atoms with Crippen molar-refractivity contribution in [3.8, 4) is 0 Å². The Morgan fingerprint density at radius 1 is 1.50 bits per heavy atom. The van der Waals surface area contributed by atoms with Gasteiger partial charge in [0.1, 0.15) is 6.54 Å². The number of hydrogen-bond acceptors (Lipinski definition) is 5. The average molecular weight is 296 g/mol. The van der Waals surface area contributed by atoms with E-state index >= 15 is 0 Å². The van der Waals surface area contributed by atoms with E-state index in [0.29, 0.717) is 4.88 Å². The van der Waals surface area contributed by atoms with Crippen molar-refractivity contribution >= 4 is 40.1 Å². The van der Waals surface area contributed by atoms with Crippen LogP contribution < -0.4 is 34.9 Å². The number of nitrogens with one attached hydrogen (secondary N) is 1. The van der Waals surface area contributed by atoms with Crippen LogP contribution in [0.2, 0.25) is 0 Å². The second kappa shape index (κ2) is 8.71. The monoisotopic (exact) mass is 296 g/mol. The first kappa shape index (κ1) is 17.7. The van der Waals surface area contributed by atoms with Crippen molar-refractivity contribution in [1.82, 2.24) is 5.32 Å². The van der Waals surface area contributed by atoms with E-state index in [9.17, 15) is 14.4 Å². The van der Waals surface area contributed by atoms with Crippen LogP contribution in [-0.4, -0.2) is 33.9 Å². The number of carboxylic acids is 1. The largest absolute Gasteiger partial charge is 1.00 e.